The van der Waals surface area contributed by atoms with Crippen LogP contribution in [0.25, 0.3) is 0 Å². The summed E-state index contributed by atoms with van der Waals surface area (Å²) in [4.78, 5) is 20.8. The van der Waals surface area contributed by atoms with E-state index < -0.39 is 21.8 Å². The number of hydrogen-bond acceptors (Lipinski definition) is 9. The molecule has 2 heterocycles. The number of hydrogen-bond donors (Lipinski definition) is 1. The van der Waals surface area contributed by atoms with Gasteiger partial charge >= 0.3 is 6.16 Å². The van der Waals surface area contributed by atoms with Crippen molar-refractivity contribution in [2.75, 3.05) is 24.7 Å². The van der Waals surface area contributed by atoms with Gasteiger partial charge in [-0.3, -0.25) is 0 Å². The summed E-state index contributed by atoms with van der Waals surface area (Å²) in [5.74, 6) is -0.322. The minimum absolute atomic E-state index is 0.0907. The number of benzene rings is 1. The Morgan fingerprint density at radius 2 is 1.94 bits per heavy atom. The van der Waals surface area contributed by atoms with Gasteiger partial charge in [-0.2, -0.15) is 0 Å². The minimum Gasteiger partial charge on any atom is -0.474 e. The fourth-order valence-corrected chi connectivity index (χ4v) is 3.70. The van der Waals surface area contributed by atoms with E-state index in [1.165, 1.54) is 18.3 Å². The zero-order valence-electron chi connectivity index (χ0n) is 18.1. The van der Waals surface area contributed by atoms with Gasteiger partial charge in [-0.15, -0.1) is 5.06 Å². The molecule has 0 aliphatic carbocycles. The Morgan fingerprint density at radius 1 is 1.22 bits per heavy atom. The second-order valence-corrected chi connectivity index (χ2v) is 9.69. The summed E-state index contributed by atoms with van der Waals surface area (Å²) in [5, 5.41) is 4.44. The van der Waals surface area contributed by atoms with Gasteiger partial charge in [-0.25, -0.2) is 22.6 Å². The van der Waals surface area contributed by atoms with E-state index in [0.29, 0.717) is 37.5 Å². The number of nitrogens with one attached hydrogen (secondary N) is 1. The van der Waals surface area contributed by atoms with E-state index in [4.69, 9.17) is 14.3 Å². The Hall–Kier alpha value is -2.92. The van der Waals surface area contributed by atoms with Crippen molar-refractivity contribution in [1.82, 2.24) is 10.0 Å². The number of aromatic nitrogens is 1. The summed E-state index contributed by atoms with van der Waals surface area (Å²) in [6.07, 6.45) is 2.70. The lowest BCUT2D eigenvalue weighted by Crippen LogP contribution is -2.40. The van der Waals surface area contributed by atoms with E-state index in [9.17, 15) is 17.6 Å². The molecular weight excluding hydrogens is 441 g/mol. The molecule has 0 saturated carbocycles. The van der Waals surface area contributed by atoms with Crippen molar-refractivity contribution < 1.29 is 31.9 Å². The molecule has 1 aromatic heterocycles. The van der Waals surface area contributed by atoms with Gasteiger partial charge in [0.2, 0.25) is 5.88 Å². The first kappa shape index (κ1) is 23.7. The van der Waals surface area contributed by atoms with Gasteiger partial charge in [0.1, 0.15) is 11.9 Å². The lowest BCUT2D eigenvalue weighted by atomic mass is 10.1. The van der Waals surface area contributed by atoms with Crippen molar-refractivity contribution >= 4 is 27.4 Å². The maximum Gasteiger partial charge on any atom is 0.528 e. The first-order valence-electron chi connectivity index (χ1n) is 10.1. The largest absolute Gasteiger partial charge is 0.528 e. The standard InChI is InChI=1S/C21H26FN3O6S/c1-14(2)29-21(26)31-25-10-7-16(8-11-25)30-20-12-15(6-9-23-20)24-19-5-4-17(13-18(19)22)32(3,27)28/h4-6,9,12-14,16H,7-8,10-11H2,1-3H3,(H,23,24). The van der Waals surface area contributed by atoms with Crippen LogP contribution in [0.1, 0.15) is 26.7 Å². The van der Waals surface area contributed by atoms with Gasteiger partial charge in [0.05, 0.1) is 16.7 Å². The fourth-order valence-electron chi connectivity index (χ4n) is 3.07. The third-order valence-corrected chi connectivity index (χ3v) is 5.72. The van der Waals surface area contributed by atoms with Gasteiger partial charge in [0, 0.05) is 50.1 Å². The Balaban J connectivity index is 1.55. The molecule has 0 bridgehead atoms. The first-order valence-corrected chi connectivity index (χ1v) is 12.0. The van der Waals surface area contributed by atoms with Gasteiger partial charge in [0.15, 0.2) is 9.84 Å². The Labute approximate surface area is 186 Å². The maximum atomic E-state index is 14.3. The van der Waals surface area contributed by atoms with Crippen molar-refractivity contribution in [3.05, 3.63) is 42.3 Å². The maximum absolute atomic E-state index is 14.3. The van der Waals surface area contributed by atoms with E-state index in [1.807, 2.05) is 0 Å². The molecule has 3 rings (SSSR count). The van der Waals surface area contributed by atoms with Crippen LogP contribution in [0.3, 0.4) is 0 Å². The molecule has 0 atom stereocenters. The van der Waals surface area contributed by atoms with Crippen molar-refractivity contribution in [2.24, 2.45) is 0 Å². The normalized spacial score (nSPS) is 15.4. The fraction of sp³-hybridized carbons (Fsp3) is 0.429. The molecule has 11 heteroatoms. The lowest BCUT2D eigenvalue weighted by Gasteiger charge is -2.30. The van der Waals surface area contributed by atoms with Crippen LogP contribution in [-0.4, -0.2) is 56.2 Å². The summed E-state index contributed by atoms with van der Waals surface area (Å²) < 4.78 is 48.3. The molecule has 0 amide bonds. The number of hydroxylamine groups is 2. The van der Waals surface area contributed by atoms with Crippen molar-refractivity contribution in [3.63, 3.8) is 0 Å². The molecule has 1 aliphatic heterocycles. The van der Waals surface area contributed by atoms with Crippen molar-refractivity contribution in [3.8, 4) is 5.88 Å². The highest BCUT2D eigenvalue weighted by Gasteiger charge is 2.24. The first-order chi connectivity index (χ1) is 15.1. The topological polar surface area (TPSA) is 107 Å². The quantitative estimate of drug-likeness (QED) is 0.610. The molecule has 1 aromatic carbocycles. The number of ether oxygens (including phenoxy) is 2. The van der Waals surface area contributed by atoms with E-state index in [-0.39, 0.29) is 22.8 Å². The van der Waals surface area contributed by atoms with E-state index in [0.717, 1.165) is 12.3 Å². The molecule has 0 radical (unpaired) electrons. The number of carbonyl (C=O) groups is 1. The zero-order valence-corrected chi connectivity index (χ0v) is 18.9. The predicted molar refractivity (Wildman–Crippen MR) is 115 cm³/mol. The predicted octanol–water partition coefficient (Wildman–Crippen LogP) is 3.69. The van der Waals surface area contributed by atoms with Crippen LogP contribution in [0, 0.1) is 5.82 Å². The number of pyridine rings is 1. The second kappa shape index (κ2) is 10.1. The van der Waals surface area contributed by atoms with Crippen LogP contribution in [0.4, 0.5) is 20.6 Å². The van der Waals surface area contributed by atoms with Gasteiger partial charge < -0.3 is 19.6 Å². The molecule has 1 aliphatic rings. The number of piperidine rings is 1. The smallest absolute Gasteiger partial charge is 0.474 e. The third kappa shape index (κ3) is 6.79. The Morgan fingerprint density at radius 3 is 2.56 bits per heavy atom. The molecule has 32 heavy (non-hydrogen) atoms. The number of sulfone groups is 1. The summed E-state index contributed by atoms with van der Waals surface area (Å²) >= 11 is 0. The highest BCUT2D eigenvalue weighted by Crippen LogP contribution is 2.25. The SMILES string of the molecule is CC(C)OC(=O)ON1CCC(Oc2cc(Nc3ccc(S(C)(=O)=O)cc3F)ccn2)CC1. The molecule has 0 unspecified atom stereocenters. The summed E-state index contributed by atoms with van der Waals surface area (Å²) in [7, 11) is -3.49. The van der Waals surface area contributed by atoms with Crippen LogP contribution in [0.15, 0.2) is 41.4 Å². The highest BCUT2D eigenvalue weighted by atomic mass is 32.2. The lowest BCUT2D eigenvalue weighted by molar-refractivity contribution is -0.151. The third-order valence-electron chi connectivity index (χ3n) is 4.61. The minimum atomic E-state index is -3.49. The average Bonchev–Trinajstić information content (AvgIpc) is 2.70. The summed E-state index contributed by atoms with van der Waals surface area (Å²) in [6.45, 7) is 4.48. The zero-order chi connectivity index (χ0) is 23.3. The monoisotopic (exact) mass is 467 g/mol. The van der Waals surface area contributed by atoms with Crippen molar-refractivity contribution in [2.45, 2.75) is 43.8 Å². The number of nitrogens with zero attached hydrogens (tertiary/aromatic N) is 2. The molecule has 2 aromatic rings. The van der Waals surface area contributed by atoms with Crippen LogP contribution in [0.5, 0.6) is 5.88 Å². The molecule has 0 spiro atoms. The Bertz CT molecular complexity index is 1060. The van der Waals surface area contributed by atoms with Crippen molar-refractivity contribution in [1.29, 1.82) is 0 Å². The molecular formula is C21H26FN3O6S. The molecule has 1 N–H and O–H groups in total. The van der Waals surface area contributed by atoms with Gasteiger partial charge in [0.25, 0.3) is 0 Å². The summed E-state index contributed by atoms with van der Waals surface area (Å²) in [5.41, 5.74) is 0.673. The van der Waals surface area contributed by atoms with E-state index in [1.54, 1.807) is 31.0 Å². The molecule has 9 nitrogen and oxygen atoms in total. The molecule has 174 valence electrons. The van der Waals surface area contributed by atoms with Crippen LogP contribution < -0.4 is 10.1 Å². The van der Waals surface area contributed by atoms with Gasteiger partial charge in [-0.1, -0.05) is 0 Å². The average molecular weight is 468 g/mol. The summed E-state index contributed by atoms with van der Waals surface area (Å²) in [6, 6.07) is 6.96. The van der Waals surface area contributed by atoms with Gasteiger partial charge in [-0.05, 0) is 38.1 Å². The number of rotatable bonds is 7. The number of anilines is 2. The van der Waals surface area contributed by atoms with E-state index >= 15 is 0 Å². The van der Waals surface area contributed by atoms with Crippen LogP contribution in [0.2, 0.25) is 0 Å². The van der Waals surface area contributed by atoms with Crippen LogP contribution in [-0.2, 0) is 19.4 Å². The van der Waals surface area contributed by atoms with Crippen LogP contribution >= 0.6 is 0 Å². The van der Waals surface area contributed by atoms with E-state index in [2.05, 4.69) is 10.3 Å². The Kier molecular flexibility index (Phi) is 7.52. The number of halogens is 1. The molecule has 1 fully saturated rings. The highest BCUT2D eigenvalue weighted by molar-refractivity contribution is 7.90. The number of carbonyl (C=O) groups excluding carboxylic acids is 1. The molecule has 1 saturated heterocycles. The second-order valence-electron chi connectivity index (χ2n) is 7.68.